The first-order chi connectivity index (χ1) is 10.1. The minimum atomic E-state index is -0.807. The van der Waals surface area contributed by atoms with Crippen LogP contribution >= 0.6 is 0 Å². The van der Waals surface area contributed by atoms with E-state index in [4.69, 9.17) is 5.21 Å². The molecule has 3 N–H and O–H groups in total. The van der Waals surface area contributed by atoms with Gasteiger partial charge in [0.15, 0.2) is 11.6 Å². The predicted octanol–water partition coefficient (Wildman–Crippen LogP) is 1.84. The fourth-order valence-electron chi connectivity index (χ4n) is 2.16. The first-order valence-corrected chi connectivity index (χ1v) is 6.44. The molecular weight excluding hydrogens is 275 g/mol. The van der Waals surface area contributed by atoms with Crippen LogP contribution in [-0.2, 0) is 5.54 Å². The van der Waals surface area contributed by atoms with Crippen molar-refractivity contribution in [2.75, 3.05) is 5.32 Å². The van der Waals surface area contributed by atoms with Crippen LogP contribution in [0.15, 0.2) is 36.7 Å². The molecule has 1 aliphatic carbocycles. The van der Waals surface area contributed by atoms with Crippen LogP contribution in [0, 0.1) is 5.82 Å². The number of hydrogen-bond donors (Lipinski definition) is 3. The van der Waals surface area contributed by atoms with Gasteiger partial charge in [-0.15, -0.1) is 0 Å². The third kappa shape index (κ3) is 2.55. The minimum Gasteiger partial charge on any atom is -0.357 e. The van der Waals surface area contributed by atoms with Gasteiger partial charge in [-0.25, -0.2) is 14.9 Å². The Morgan fingerprint density at radius 3 is 2.71 bits per heavy atom. The van der Waals surface area contributed by atoms with Gasteiger partial charge in [0.2, 0.25) is 0 Å². The van der Waals surface area contributed by atoms with Crippen LogP contribution in [0.2, 0.25) is 0 Å². The number of carbonyl (C=O) groups excluding carboxylic acids is 1. The van der Waals surface area contributed by atoms with E-state index in [1.807, 2.05) is 18.2 Å². The molecule has 0 bridgehead atoms. The summed E-state index contributed by atoms with van der Waals surface area (Å²) in [7, 11) is 0. The molecule has 0 radical (unpaired) electrons. The second-order valence-corrected chi connectivity index (χ2v) is 4.92. The molecule has 0 aromatic carbocycles. The number of rotatable bonds is 4. The summed E-state index contributed by atoms with van der Waals surface area (Å²) in [4.78, 5) is 19.4. The molecule has 0 saturated heterocycles. The Morgan fingerprint density at radius 2 is 2.14 bits per heavy atom. The molecule has 0 spiro atoms. The molecule has 1 saturated carbocycles. The summed E-state index contributed by atoms with van der Waals surface area (Å²) in [6, 6.07) is 6.60. The zero-order valence-electron chi connectivity index (χ0n) is 11.0. The highest BCUT2D eigenvalue weighted by molar-refractivity contribution is 5.93. The summed E-state index contributed by atoms with van der Waals surface area (Å²) in [5.41, 5.74) is 1.83. The number of pyridine rings is 2. The van der Waals surface area contributed by atoms with E-state index in [2.05, 4.69) is 15.3 Å². The Balaban J connectivity index is 1.84. The smallest absolute Gasteiger partial charge is 0.276 e. The summed E-state index contributed by atoms with van der Waals surface area (Å²) in [5.74, 6) is -1.40. The van der Waals surface area contributed by atoms with Crippen molar-refractivity contribution in [2.45, 2.75) is 18.4 Å². The van der Waals surface area contributed by atoms with Gasteiger partial charge in [-0.2, -0.15) is 0 Å². The fourth-order valence-corrected chi connectivity index (χ4v) is 2.16. The number of amides is 1. The lowest BCUT2D eigenvalue weighted by Crippen LogP contribution is -2.23. The lowest BCUT2D eigenvalue weighted by molar-refractivity contribution is 0.0705. The molecule has 108 valence electrons. The van der Waals surface area contributed by atoms with Crippen molar-refractivity contribution in [3.8, 4) is 0 Å². The van der Waals surface area contributed by atoms with Crippen molar-refractivity contribution >= 4 is 11.7 Å². The molecule has 6 nitrogen and oxygen atoms in total. The lowest BCUT2D eigenvalue weighted by atomic mass is 10.1. The molecule has 21 heavy (non-hydrogen) atoms. The van der Waals surface area contributed by atoms with Gasteiger partial charge in [0.1, 0.15) is 0 Å². The molecule has 1 aliphatic rings. The van der Waals surface area contributed by atoms with E-state index in [0.29, 0.717) is 0 Å². The van der Waals surface area contributed by atoms with Crippen molar-refractivity contribution in [3.63, 3.8) is 0 Å². The molecule has 2 aromatic heterocycles. The fraction of sp³-hybridized carbons (Fsp3) is 0.214. The third-order valence-electron chi connectivity index (χ3n) is 3.47. The first kappa shape index (κ1) is 13.4. The van der Waals surface area contributed by atoms with Crippen molar-refractivity contribution in [3.05, 3.63) is 53.7 Å². The molecule has 0 unspecified atom stereocenters. The van der Waals surface area contributed by atoms with E-state index in [-0.39, 0.29) is 11.4 Å². The average Bonchev–Trinajstić information content (AvgIpc) is 3.30. The normalized spacial score (nSPS) is 15.3. The Labute approximate surface area is 120 Å². The number of carbonyl (C=O) groups is 1. The number of nitrogens with zero attached hydrogens (tertiary/aromatic N) is 2. The number of nitrogens with one attached hydrogen (secondary N) is 2. The van der Waals surface area contributed by atoms with Gasteiger partial charge in [-0.05, 0) is 31.0 Å². The van der Waals surface area contributed by atoms with Crippen molar-refractivity contribution in [1.82, 2.24) is 15.4 Å². The number of halogens is 1. The van der Waals surface area contributed by atoms with Gasteiger partial charge >= 0.3 is 0 Å². The zero-order chi connectivity index (χ0) is 14.9. The molecule has 2 heterocycles. The second-order valence-electron chi connectivity index (χ2n) is 4.92. The topological polar surface area (TPSA) is 87.1 Å². The van der Waals surface area contributed by atoms with E-state index in [1.165, 1.54) is 11.7 Å². The first-order valence-electron chi connectivity index (χ1n) is 6.44. The highest BCUT2D eigenvalue weighted by Gasteiger charge is 2.46. The van der Waals surface area contributed by atoms with Crippen molar-refractivity contribution in [2.24, 2.45) is 0 Å². The number of hydroxylamine groups is 1. The largest absolute Gasteiger partial charge is 0.357 e. The Morgan fingerprint density at radius 1 is 1.33 bits per heavy atom. The number of anilines is 1. The minimum absolute atomic E-state index is 0.0526. The van der Waals surface area contributed by atoms with Gasteiger partial charge in [-0.1, -0.05) is 6.07 Å². The Kier molecular flexibility index (Phi) is 3.26. The van der Waals surface area contributed by atoms with Crippen LogP contribution in [0.5, 0.6) is 0 Å². The van der Waals surface area contributed by atoms with E-state index < -0.39 is 17.3 Å². The van der Waals surface area contributed by atoms with Crippen LogP contribution in [0.1, 0.15) is 28.9 Å². The van der Waals surface area contributed by atoms with Gasteiger partial charge in [-0.3, -0.25) is 15.0 Å². The highest BCUT2D eigenvalue weighted by atomic mass is 19.1. The highest BCUT2D eigenvalue weighted by Crippen LogP contribution is 2.47. The molecule has 7 heteroatoms. The molecule has 0 aliphatic heterocycles. The monoisotopic (exact) mass is 288 g/mol. The van der Waals surface area contributed by atoms with E-state index in [9.17, 15) is 9.18 Å². The maximum absolute atomic E-state index is 14.0. The maximum Gasteiger partial charge on any atom is 0.276 e. The standard InChI is InChI=1S/C14H13FN4O2/c15-10-7-9(13(20)19-21)8-17-12(10)18-14(4-5-14)11-3-1-2-6-16-11/h1-3,6-8,21H,4-5H2,(H,17,18)(H,19,20). The van der Waals surface area contributed by atoms with Crippen LogP contribution < -0.4 is 10.8 Å². The van der Waals surface area contributed by atoms with E-state index in [0.717, 1.165) is 24.6 Å². The van der Waals surface area contributed by atoms with Crippen molar-refractivity contribution < 1.29 is 14.4 Å². The molecule has 1 amide bonds. The van der Waals surface area contributed by atoms with E-state index in [1.54, 1.807) is 6.20 Å². The third-order valence-corrected chi connectivity index (χ3v) is 3.47. The van der Waals surface area contributed by atoms with Crippen LogP contribution in [0.4, 0.5) is 10.2 Å². The summed E-state index contributed by atoms with van der Waals surface area (Å²) < 4.78 is 14.0. The zero-order valence-corrected chi connectivity index (χ0v) is 11.0. The van der Waals surface area contributed by atoms with Crippen LogP contribution in [0.3, 0.4) is 0 Å². The molecule has 3 rings (SSSR count). The SMILES string of the molecule is O=C(NO)c1cnc(NC2(c3ccccn3)CC2)c(F)c1. The summed E-state index contributed by atoms with van der Waals surface area (Å²) in [5, 5.41) is 11.6. The lowest BCUT2D eigenvalue weighted by Gasteiger charge is -2.18. The number of hydrogen-bond acceptors (Lipinski definition) is 5. The Bertz CT molecular complexity index is 674. The van der Waals surface area contributed by atoms with Crippen molar-refractivity contribution in [1.29, 1.82) is 0 Å². The Hall–Kier alpha value is -2.54. The molecular formula is C14H13FN4O2. The van der Waals surface area contributed by atoms with Gasteiger partial charge in [0.25, 0.3) is 5.91 Å². The summed E-state index contributed by atoms with van der Waals surface area (Å²) in [6.45, 7) is 0. The van der Waals surface area contributed by atoms with Gasteiger partial charge in [0.05, 0.1) is 16.8 Å². The second kappa shape index (κ2) is 5.10. The van der Waals surface area contributed by atoms with Crippen LogP contribution in [0.25, 0.3) is 0 Å². The predicted molar refractivity (Wildman–Crippen MR) is 72.2 cm³/mol. The van der Waals surface area contributed by atoms with Crippen LogP contribution in [-0.4, -0.2) is 21.1 Å². The molecule has 2 aromatic rings. The average molecular weight is 288 g/mol. The number of aromatic nitrogens is 2. The molecule has 0 atom stereocenters. The summed E-state index contributed by atoms with van der Waals surface area (Å²) >= 11 is 0. The quantitative estimate of drug-likeness (QED) is 0.590. The summed E-state index contributed by atoms with van der Waals surface area (Å²) in [6.07, 6.45) is 4.56. The maximum atomic E-state index is 14.0. The van der Waals surface area contributed by atoms with E-state index >= 15 is 0 Å². The molecule has 1 fully saturated rings. The van der Waals surface area contributed by atoms with Gasteiger partial charge < -0.3 is 5.32 Å². The van der Waals surface area contributed by atoms with Gasteiger partial charge in [0, 0.05) is 12.4 Å².